The summed E-state index contributed by atoms with van der Waals surface area (Å²) >= 11 is 0. The van der Waals surface area contributed by atoms with Crippen LogP contribution in [0.4, 0.5) is 15.8 Å². The molecule has 0 spiro atoms. The molecule has 0 radical (unpaired) electrons. The normalized spacial score (nSPS) is 10.8. The number of carboxylic acids is 1. The lowest BCUT2D eigenvalue weighted by Gasteiger charge is -2.11. The summed E-state index contributed by atoms with van der Waals surface area (Å²) in [6.45, 7) is 5.14. The average Bonchev–Trinajstić information content (AvgIpc) is 2.34. The Hall–Kier alpha value is -1.82. The third-order valence-corrected chi connectivity index (χ3v) is 2.71. The summed E-state index contributed by atoms with van der Waals surface area (Å²) in [6, 6.07) is 2.24. The number of ether oxygens (including phenoxy) is 1. The highest BCUT2D eigenvalue weighted by Crippen LogP contribution is 2.22. The van der Waals surface area contributed by atoms with Gasteiger partial charge < -0.3 is 20.9 Å². The number of carboxylic acid groups (broad SMARTS) is 1. The summed E-state index contributed by atoms with van der Waals surface area (Å²) in [5.74, 6) is -1.72. The van der Waals surface area contributed by atoms with Crippen LogP contribution in [-0.4, -0.2) is 30.3 Å². The van der Waals surface area contributed by atoms with Crippen LogP contribution in [0.15, 0.2) is 12.1 Å². The average molecular weight is 284 g/mol. The van der Waals surface area contributed by atoms with Crippen molar-refractivity contribution in [1.29, 1.82) is 0 Å². The molecular weight excluding hydrogens is 263 g/mol. The van der Waals surface area contributed by atoms with Gasteiger partial charge in [-0.15, -0.1) is 0 Å². The van der Waals surface area contributed by atoms with Gasteiger partial charge in [-0.1, -0.05) is 0 Å². The second-order valence-corrected chi connectivity index (χ2v) is 4.78. The SMILES string of the molecule is CC(C)OCCCCNc1cc(C(=O)O)c(N)cc1F. The molecule has 0 saturated heterocycles. The number of aromatic carboxylic acids is 1. The van der Waals surface area contributed by atoms with Crippen molar-refractivity contribution in [1.82, 2.24) is 0 Å². The van der Waals surface area contributed by atoms with Crippen molar-refractivity contribution in [2.24, 2.45) is 0 Å². The van der Waals surface area contributed by atoms with Crippen molar-refractivity contribution in [3.05, 3.63) is 23.5 Å². The maximum absolute atomic E-state index is 13.6. The van der Waals surface area contributed by atoms with Crippen LogP contribution in [0.5, 0.6) is 0 Å². The van der Waals surface area contributed by atoms with Crippen LogP contribution in [0, 0.1) is 5.82 Å². The zero-order valence-electron chi connectivity index (χ0n) is 11.8. The number of hydrogen-bond acceptors (Lipinski definition) is 4. The molecule has 20 heavy (non-hydrogen) atoms. The standard InChI is InChI=1S/C14H21FN2O3/c1-9(2)20-6-4-3-5-17-13-7-10(14(18)19)12(16)8-11(13)15/h7-9,17H,3-6,16H2,1-2H3,(H,18,19). The molecular formula is C14H21FN2O3. The third-order valence-electron chi connectivity index (χ3n) is 2.71. The van der Waals surface area contributed by atoms with E-state index < -0.39 is 11.8 Å². The molecule has 5 nitrogen and oxygen atoms in total. The fourth-order valence-corrected chi connectivity index (χ4v) is 1.68. The van der Waals surface area contributed by atoms with Crippen LogP contribution in [0.1, 0.15) is 37.0 Å². The lowest BCUT2D eigenvalue weighted by atomic mass is 10.1. The highest BCUT2D eigenvalue weighted by molar-refractivity contribution is 5.94. The van der Waals surface area contributed by atoms with Crippen LogP contribution in [0.3, 0.4) is 0 Å². The molecule has 112 valence electrons. The van der Waals surface area contributed by atoms with E-state index >= 15 is 0 Å². The molecule has 0 heterocycles. The van der Waals surface area contributed by atoms with Crippen molar-refractivity contribution in [3.63, 3.8) is 0 Å². The van der Waals surface area contributed by atoms with Gasteiger partial charge in [0, 0.05) is 18.8 Å². The summed E-state index contributed by atoms with van der Waals surface area (Å²) in [7, 11) is 0. The summed E-state index contributed by atoms with van der Waals surface area (Å²) in [5.41, 5.74) is 5.42. The Kier molecular flexibility index (Phi) is 6.24. The Bertz CT molecular complexity index is 464. The summed E-state index contributed by atoms with van der Waals surface area (Å²) in [6.07, 6.45) is 1.86. The van der Waals surface area contributed by atoms with Crippen molar-refractivity contribution < 1.29 is 19.0 Å². The van der Waals surface area contributed by atoms with Crippen molar-refractivity contribution in [2.75, 3.05) is 24.2 Å². The molecule has 1 aromatic rings. The minimum atomic E-state index is -1.17. The molecule has 0 fully saturated rings. The molecule has 0 bridgehead atoms. The molecule has 1 aromatic carbocycles. The largest absolute Gasteiger partial charge is 0.478 e. The number of nitrogen functional groups attached to an aromatic ring is 1. The van der Waals surface area contributed by atoms with Gasteiger partial charge in [-0.05, 0) is 38.8 Å². The number of benzene rings is 1. The van der Waals surface area contributed by atoms with Gasteiger partial charge in [0.15, 0.2) is 0 Å². The molecule has 1 rings (SSSR count). The van der Waals surface area contributed by atoms with Gasteiger partial charge in [0.05, 0.1) is 17.4 Å². The molecule has 0 saturated carbocycles. The van der Waals surface area contributed by atoms with Gasteiger partial charge in [0.25, 0.3) is 0 Å². The first kappa shape index (κ1) is 16.2. The molecule has 0 amide bonds. The quantitative estimate of drug-likeness (QED) is 0.505. The van der Waals surface area contributed by atoms with Gasteiger partial charge in [-0.25, -0.2) is 9.18 Å². The van der Waals surface area contributed by atoms with Crippen molar-refractivity contribution in [2.45, 2.75) is 32.8 Å². The molecule has 0 aliphatic rings. The van der Waals surface area contributed by atoms with Gasteiger partial charge in [-0.3, -0.25) is 0 Å². The van der Waals surface area contributed by atoms with E-state index in [0.29, 0.717) is 13.2 Å². The zero-order valence-corrected chi connectivity index (χ0v) is 11.8. The van der Waals surface area contributed by atoms with E-state index in [1.807, 2.05) is 13.8 Å². The van der Waals surface area contributed by atoms with Crippen LogP contribution in [0.25, 0.3) is 0 Å². The maximum Gasteiger partial charge on any atom is 0.337 e. The van der Waals surface area contributed by atoms with Crippen LogP contribution < -0.4 is 11.1 Å². The Balaban J connectivity index is 2.47. The second-order valence-electron chi connectivity index (χ2n) is 4.78. The lowest BCUT2D eigenvalue weighted by molar-refractivity contribution is 0.0698. The van der Waals surface area contributed by atoms with Gasteiger partial charge in [-0.2, -0.15) is 0 Å². The Morgan fingerprint density at radius 1 is 1.45 bits per heavy atom. The first-order valence-electron chi connectivity index (χ1n) is 6.59. The molecule has 0 aromatic heterocycles. The van der Waals surface area contributed by atoms with Crippen molar-refractivity contribution >= 4 is 17.3 Å². The predicted octanol–water partition coefficient (Wildman–Crippen LogP) is 2.72. The smallest absolute Gasteiger partial charge is 0.337 e. The summed E-state index contributed by atoms with van der Waals surface area (Å²) in [5, 5.41) is 11.8. The van der Waals surface area contributed by atoms with E-state index in [9.17, 15) is 9.18 Å². The fraction of sp³-hybridized carbons (Fsp3) is 0.500. The zero-order chi connectivity index (χ0) is 15.1. The van der Waals surface area contributed by atoms with E-state index in [0.717, 1.165) is 18.9 Å². The highest BCUT2D eigenvalue weighted by atomic mass is 19.1. The van der Waals surface area contributed by atoms with Crippen LogP contribution >= 0.6 is 0 Å². The third kappa shape index (κ3) is 5.05. The highest BCUT2D eigenvalue weighted by Gasteiger charge is 2.12. The number of nitrogens with one attached hydrogen (secondary N) is 1. The Morgan fingerprint density at radius 3 is 2.75 bits per heavy atom. The minimum Gasteiger partial charge on any atom is -0.478 e. The lowest BCUT2D eigenvalue weighted by Crippen LogP contribution is -2.10. The number of unbranched alkanes of at least 4 members (excludes halogenated alkanes) is 1. The first-order valence-corrected chi connectivity index (χ1v) is 6.59. The van der Waals surface area contributed by atoms with E-state index in [1.54, 1.807) is 0 Å². The fourth-order valence-electron chi connectivity index (χ4n) is 1.68. The summed E-state index contributed by atoms with van der Waals surface area (Å²) < 4.78 is 19.0. The minimum absolute atomic E-state index is 0.0779. The molecule has 0 atom stereocenters. The van der Waals surface area contributed by atoms with E-state index in [4.69, 9.17) is 15.6 Å². The van der Waals surface area contributed by atoms with E-state index in [2.05, 4.69) is 5.32 Å². The number of rotatable bonds is 8. The maximum atomic E-state index is 13.6. The number of hydrogen-bond donors (Lipinski definition) is 3. The van der Waals surface area contributed by atoms with Crippen molar-refractivity contribution in [3.8, 4) is 0 Å². The number of carbonyl (C=O) groups is 1. The van der Waals surface area contributed by atoms with E-state index in [1.165, 1.54) is 6.07 Å². The Labute approximate surface area is 117 Å². The summed E-state index contributed by atoms with van der Waals surface area (Å²) in [4.78, 5) is 10.9. The number of anilines is 2. The number of nitrogens with two attached hydrogens (primary N) is 1. The molecule has 6 heteroatoms. The van der Waals surface area contributed by atoms with E-state index in [-0.39, 0.29) is 23.0 Å². The molecule has 0 unspecified atom stereocenters. The topological polar surface area (TPSA) is 84.6 Å². The molecule has 0 aliphatic heterocycles. The molecule has 0 aliphatic carbocycles. The second kappa shape index (κ2) is 7.69. The van der Waals surface area contributed by atoms with Gasteiger partial charge >= 0.3 is 5.97 Å². The van der Waals surface area contributed by atoms with Crippen LogP contribution in [0.2, 0.25) is 0 Å². The van der Waals surface area contributed by atoms with Crippen LogP contribution in [-0.2, 0) is 4.74 Å². The van der Waals surface area contributed by atoms with Gasteiger partial charge in [0.1, 0.15) is 5.82 Å². The first-order chi connectivity index (χ1) is 9.41. The van der Waals surface area contributed by atoms with Gasteiger partial charge in [0.2, 0.25) is 0 Å². The predicted molar refractivity (Wildman–Crippen MR) is 76.6 cm³/mol. The monoisotopic (exact) mass is 284 g/mol. The number of halogens is 1. The molecule has 4 N–H and O–H groups in total. The Morgan fingerprint density at radius 2 is 2.15 bits per heavy atom.